The Kier molecular flexibility index (Phi) is 5.28. The van der Waals surface area contributed by atoms with Gasteiger partial charge in [-0.1, -0.05) is 6.07 Å². The molecular formula is C15H16N4O2. The van der Waals surface area contributed by atoms with Gasteiger partial charge in [0.15, 0.2) is 0 Å². The lowest BCUT2D eigenvalue weighted by molar-refractivity contribution is -0.119. The molecule has 0 aliphatic carbocycles. The van der Waals surface area contributed by atoms with E-state index < -0.39 is 0 Å². The van der Waals surface area contributed by atoms with Gasteiger partial charge >= 0.3 is 0 Å². The lowest BCUT2D eigenvalue weighted by Crippen LogP contribution is -2.25. The lowest BCUT2D eigenvalue weighted by Gasteiger charge is -2.06. The van der Waals surface area contributed by atoms with Gasteiger partial charge in [0, 0.05) is 24.1 Å². The summed E-state index contributed by atoms with van der Waals surface area (Å²) in [5.74, 6) is 0.499. The van der Waals surface area contributed by atoms with Crippen molar-refractivity contribution < 1.29 is 9.53 Å². The van der Waals surface area contributed by atoms with Crippen LogP contribution in [0.1, 0.15) is 5.56 Å². The number of pyridine rings is 1. The van der Waals surface area contributed by atoms with Crippen LogP contribution >= 0.6 is 0 Å². The van der Waals surface area contributed by atoms with Crippen LogP contribution in [0.3, 0.4) is 0 Å². The first kappa shape index (κ1) is 14.5. The Labute approximate surface area is 122 Å². The number of hydrazone groups is 1. The van der Waals surface area contributed by atoms with E-state index in [9.17, 15) is 4.79 Å². The molecular weight excluding hydrogens is 268 g/mol. The normalized spacial score (nSPS) is 10.3. The highest BCUT2D eigenvalue weighted by Crippen LogP contribution is 2.16. The predicted octanol–water partition coefficient (Wildman–Crippen LogP) is 1.65. The zero-order chi connectivity index (χ0) is 14.9. The van der Waals surface area contributed by atoms with Crippen LogP contribution in [0.4, 0.5) is 5.69 Å². The molecule has 2 rings (SSSR count). The largest absolute Gasteiger partial charge is 0.497 e. The molecule has 0 saturated carbocycles. The molecule has 1 aromatic carbocycles. The standard InChI is InChI=1S/C15H16N4O2/c1-21-14-4-2-3-13(9-14)17-11-15(20)19-18-10-12-5-7-16-8-6-12/h2-10,17H,11H2,1H3,(H,19,20)/b18-10+. The number of rotatable bonds is 6. The summed E-state index contributed by atoms with van der Waals surface area (Å²) < 4.78 is 5.11. The first-order valence-electron chi connectivity index (χ1n) is 6.38. The fourth-order valence-corrected chi connectivity index (χ4v) is 1.58. The molecule has 0 saturated heterocycles. The number of anilines is 1. The van der Waals surface area contributed by atoms with Crippen LogP contribution in [0, 0.1) is 0 Å². The van der Waals surface area contributed by atoms with Crippen LogP contribution in [0.25, 0.3) is 0 Å². The molecule has 0 aliphatic heterocycles. The summed E-state index contributed by atoms with van der Waals surface area (Å²) in [6, 6.07) is 10.9. The Balaban J connectivity index is 1.78. The Morgan fingerprint density at radius 1 is 1.33 bits per heavy atom. The summed E-state index contributed by atoms with van der Waals surface area (Å²) in [5, 5.41) is 6.86. The minimum Gasteiger partial charge on any atom is -0.497 e. The fraction of sp³-hybridized carbons (Fsp3) is 0.133. The molecule has 1 amide bonds. The molecule has 1 heterocycles. The molecule has 21 heavy (non-hydrogen) atoms. The quantitative estimate of drug-likeness (QED) is 0.625. The number of amides is 1. The van der Waals surface area contributed by atoms with Crippen molar-refractivity contribution in [3.05, 3.63) is 54.4 Å². The first-order chi connectivity index (χ1) is 10.3. The molecule has 1 aromatic heterocycles. The molecule has 0 fully saturated rings. The Morgan fingerprint density at radius 2 is 2.14 bits per heavy atom. The topological polar surface area (TPSA) is 75.6 Å². The monoisotopic (exact) mass is 284 g/mol. The number of carbonyl (C=O) groups excluding carboxylic acids is 1. The third kappa shape index (κ3) is 4.94. The molecule has 108 valence electrons. The minimum atomic E-state index is -0.233. The molecule has 0 radical (unpaired) electrons. The van der Waals surface area contributed by atoms with E-state index in [2.05, 4.69) is 20.8 Å². The van der Waals surface area contributed by atoms with Gasteiger partial charge in [0.05, 0.1) is 19.9 Å². The zero-order valence-electron chi connectivity index (χ0n) is 11.6. The second kappa shape index (κ2) is 7.64. The van der Waals surface area contributed by atoms with E-state index in [1.165, 1.54) is 0 Å². The molecule has 0 bridgehead atoms. The van der Waals surface area contributed by atoms with Gasteiger partial charge in [0.1, 0.15) is 5.75 Å². The Morgan fingerprint density at radius 3 is 2.90 bits per heavy atom. The average molecular weight is 284 g/mol. The van der Waals surface area contributed by atoms with Crippen LogP contribution in [0.5, 0.6) is 5.75 Å². The molecule has 0 aliphatic rings. The summed E-state index contributed by atoms with van der Waals surface area (Å²) in [5.41, 5.74) is 4.12. The van der Waals surface area contributed by atoms with Crippen molar-refractivity contribution in [2.24, 2.45) is 5.10 Å². The van der Waals surface area contributed by atoms with Gasteiger partial charge < -0.3 is 10.1 Å². The van der Waals surface area contributed by atoms with E-state index >= 15 is 0 Å². The molecule has 2 aromatic rings. The number of carbonyl (C=O) groups is 1. The number of aromatic nitrogens is 1. The number of nitrogens with zero attached hydrogens (tertiary/aromatic N) is 2. The first-order valence-corrected chi connectivity index (χ1v) is 6.38. The maximum atomic E-state index is 11.6. The number of ether oxygens (including phenoxy) is 1. The number of methoxy groups -OCH3 is 1. The average Bonchev–Trinajstić information content (AvgIpc) is 2.54. The van der Waals surface area contributed by atoms with Crippen LogP contribution in [0.15, 0.2) is 53.9 Å². The number of hydrogen-bond acceptors (Lipinski definition) is 5. The Hall–Kier alpha value is -2.89. The summed E-state index contributed by atoms with van der Waals surface area (Å²) in [7, 11) is 1.60. The summed E-state index contributed by atoms with van der Waals surface area (Å²) in [6.07, 6.45) is 4.88. The number of hydrogen-bond donors (Lipinski definition) is 2. The van der Waals surface area contributed by atoms with E-state index in [0.717, 1.165) is 17.0 Å². The second-order valence-electron chi connectivity index (χ2n) is 4.16. The van der Waals surface area contributed by atoms with E-state index in [-0.39, 0.29) is 12.5 Å². The van der Waals surface area contributed by atoms with E-state index in [1.54, 1.807) is 37.9 Å². The van der Waals surface area contributed by atoms with Crippen molar-refractivity contribution >= 4 is 17.8 Å². The van der Waals surface area contributed by atoms with Gasteiger partial charge in [-0.05, 0) is 29.8 Å². The fourth-order valence-electron chi connectivity index (χ4n) is 1.58. The number of nitrogens with one attached hydrogen (secondary N) is 2. The van der Waals surface area contributed by atoms with Gasteiger partial charge in [0.25, 0.3) is 5.91 Å². The van der Waals surface area contributed by atoms with Crippen molar-refractivity contribution in [3.8, 4) is 5.75 Å². The van der Waals surface area contributed by atoms with Gasteiger partial charge in [0.2, 0.25) is 0 Å². The van der Waals surface area contributed by atoms with Gasteiger partial charge in [-0.2, -0.15) is 5.10 Å². The molecule has 2 N–H and O–H groups in total. The smallest absolute Gasteiger partial charge is 0.259 e. The van der Waals surface area contributed by atoms with Crippen molar-refractivity contribution in [1.29, 1.82) is 0 Å². The van der Waals surface area contributed by atoms with Crippen molar-refractivity contribution in [2.75, 3.05) is 19.0 Å². The van der Waals surface area contributed by atoms with Crippen molar-refractivity contribution in [3.63, 3.8) is 0 Å². The molecule has 6 heteroatoms. The van der Waals surface area contributed by atoms with Crippen molar-refractivity contribution in [2.45, 2.75) is 0 Å². The van der Waals surface area contributed by atoms with Crippen LogP contribution in [0.2, 0.25) is 0 Å². The second-order valence-corrected chi connectivity index (χ2v) is 4.16. The summed E-state index contributed by atoms with van der Waals surface area (Å²) in [6.45, 7) is 0.126. The maximum absolute atomic E-state index is 11.6. The lowest BCUT2D eigenvalue weighted by atomic mass is 10.3. The Bertz CT molecular complexity index is 614. The molecule has 0 unspecified atom stereocenters. The summed E-state index contributed by atoms with van der Waals surface area (Å²) >= 11 is 0. The third-order valence-electron chi connectivity index (χ3n) is 2.63. The highest BCUT2D eigenvalue weighted by atomic mass is 16.5. The van der Waals surface area contributed by atoms with Crippen LogP contribution < -0.4 is 15.5 Å². The van der Waals surface area contributed by atoms with Crippen molar-refractivity contribution in [1.82, 2.24) is 10.4 Å². The highest BCUT2D eigenvalue weighted by Gasteiger charge is 2.00. The van der Waals surface area contributed by atoms with Crippen LogP contribution in [-0.2, 0) is 4.79 Å². The van der Waals surface area contributed by atoms with Crippen LogP contribution in [-0.4, -0.2) is 30.8 Å². The van der Waals surface area contributed by atoms with E-state index in [0.29, 0.717) is 0 Å². The van der Waals surface area contributed by atoms with Gasteiger partial charge in [-0.3, -0.25) is 9.78 Å². The highest BCUT2D eigenvalue weighted by molar-refractivity contribution is 5.84. The molecule has 6 nitrogen and oxygen atoms in total. The van der Waals surface area contributed by atoms with Gasteiger partial charge in [-0.25, -0.2) is 5.43 Å². The zero-order valence-corrected chi connectivity index (χ0v) is 11.6. The third-order valence-corrected chi connectivity index (χ3v) is 2.63. The number of benzene rings is 1. The van der Waals surface area contributed by atoms with E-state index in [4.69, 9.17) is 4.74 Å². The summed E-state index contributed by atoms with van der Waals surface area (Å²) in [4.78, 5) is 15.5. The van der Waals surface area contributed by atoms with Gasteiger partial charge in [-0.15, -0.1) is 0 Å². The molecule has 0 spiro atoms. The maximum Gasteiger partial charge on any atom is 0.259 e. The minimum absolute atomic E-state index is 0.126. The SMILES string of the molecule is COc1cccc(NCC(=O)N/N=C/c2ccncc2)c1. The van der Waals surface area contributed by atoms with E-state index in [1.807, 2.05) is 24.3 Å². The molecule has 0 atom stereocenters. The predicted molar refractivity (Wildman–Crippen MR) is 81.5 cm³/mol.